The molecule has 0 N–H and O–H groups in total. The third-order valence-electron chi connectivity index (χ3n) is 2.99. The lowest BCUT2D eigenvalue weighted by atomic mass is 10.1. The number of halogens is 2. The van der Waals surface area contributed by atoms with Gasteiger partial charge in [-0.05, 0) is 40.1 Å². The van der Waals surface area contributed by atoms with Gasteiger partial charge in [0.15, 0.2) is 11.6 Å². The lowest BCUT2D eigenvalue weighted by Gasteiger charge is -2.32. The Morgan fingerprint density at radius 3 is 2.37 bits per heavy atom. The van der Waals surface area contributed by atoms with Crippen LogP contribution >= 0.6 is 0 Å². The first-order valence-electron chi connectivity index (χ1n) is 6.21. The fourth-order valence-corrected chi connectivity index (χ4v) is 2.19. The molecule has 0 fully saturated rings. The fraction of sp³-hybridized carbons (Fsp3) is 0.500. The quantitative estimate of drug-likeness (QED) is 0.821. The minimum Gasteiger partial charge on any atom is -0.365 e. The van der Waals surface area contributed by atoms with Crippen molar-refractivity contribution >= 4 is 5.69 Å². The Balaban J connectivity index is 3.13. The molecule has 1 unspecified atom stereocenters. The maximum absolute atomic E-state index is 14.0. The topological polar surface area (TPSA) is 30.3 Å². The van der Waals surface area contributed by atoms with Crippen molar-refractivity contribution in [1.82, 2.24) is 4.90 Å². The van der Waals surface area contributed by atoms with Crippen LogP contribution in [0.4, 0.5) is 14.5 Å². The van der Waals surface area contributed by atoms with Gasteiger partial charge in [-0.2, -0.15) is 5.26 Å². The molecule has 0 heterocycles. The van der Waals surface area contributed by atoms with Crippen molar-refractivity contribution in [2.24, 2.45) is 0 Å². The van der Waals surface area contributed by atoms with Gasteiger partial charge in [0.05, 0.1) is 11.3 Å². The van der Waals surface area contributed by atoms with Crippen LogP contribution in [-0.4, -0.2) is 38.1 Å². The van der Waals surface area contributed by atoms with Gasteiger partial charge in [-0.25, -0.2) is 8.78 Å². The number of likely N-dealkylation sites (N-methyl/N-ethyl adjacent to an activating group) is 2. The highest BCUT2D eigenvalue weighted by atomic mass is 19.2. The Bertz CT molecular complexity index is 480. The highest BCUT2D eigenvalue weighted by molar-refractivity contribution is 5.52. The predicted octanol–water partition coefficient (Wildman–Crippen LogP) is 2.61. The van der Waals surface area contributed by atoms with Crippen molar-refractivity contribution in [3.8, 4) is 6.07 Å². The summed E-state index contributed by atoms with van der Waals surface area (Å²) in [5.74, 6) is -2.03. The van der Waals surface area contributed by atoms with Crippen molar-refractivity contribution in [1.29, 1.82) is 5.26 Å². The molecule has 1 atom stereocenters. The zero-order valence-corrected chi connectivity index (χ0v) is 11.7. The molecule has 0 aliphatic heterocycles. The minimum absolute atomic E-state index is 0.0434. The molecule has 1 aromatic rings. The van der Waals surface area contributed by atoms with E-state index in [0.29, 0.717) is 6.54 Å². The molecule has 3 nitrogen and oxygen atoms in total. The summed E-state index contributed by atoms with van der Waals surface area (Å²) in [4.78, 5) is 3.78. The van der Waals surface area contributed by atoms with Gasteiger partial charge in [0, 0.05) is 19.1 Å². The molecular weight excluding hydrogens is 248 g/mol. The van der Waals surface area contributed by atoms with Crippen LogP contribution in [0.15, 0.2) is 12.1 Å². The second kappa shape index (κ2) is 6.48. The number of nitrogens with zero attached hydrogens (tertiary/aromatic N) is 3. The SMILES string of the molecule is CCN(c1ccc(C#N)c(F)c1F)C(C)CN(C)C. The van der Waals surface area contributed by atoms with E-state index < -0.39 is 11.6 Å². The Labute approximate surface area is 113 Å². The molecule has 0 radical (unpaired) electrons. The number of hydrogen-bond donors (Lipinski definition) is 0. The second-order valence-corrected chi connectivity index (χ2v) is 4.77. The summed E-state index contributed by atoms with van der Waals surface area (Å²) in [5, 5.41) is 8.68. The van der Waals surface area contributed by atoms with Crippen molar-refractivity contribution in [3.05, 3.63) is 29.3 Å². The molecule has 0 saturated carbocycles. The van der Waals surface area contributed by atoms with Crippen molar-refractivity contribution < 1.29 is 8.78 Å². The van der Waals surface area contributed by atoms with Crippen molar-refractivity contribution in [3.63, 3.8) is 0 Å². The van der Waals surface area contributed by atoms with Gasteiger partial charge in [0.25, 0.3) is 0 Å². The Kier molecular flexibility index (Phi) is 5.25. The molecule has 1 rings (SSSR count). The average molecular weight is 267 g/mol. The summed E-state index contributed by atoms with van der Waals surface area (Å²) < 4.78 is 27.7. The van der Waals surface area contributed by atoms with E-state index in [-0.39, 0.29) is 17.3 Å². The molecule has 19 heavy (non-hydrogen) atoms. The number of benzene rings is 1. The average Bonchev–Trinajstić information content (AvgIpc) is 2.34. The lowest BCUT2D eigenvalue weighted by Crippen LogP contribution is -2.40. The maximum Gasteiger partial charge on any atom is 0.183 e. The normalized spacial score (nSPS) is 12.3. The standard InChI is InChI=1S/C14H19F2N3/c1-5-19(10(2)9-18(3)4)12-7-6-11(8-17)13(15)14(12)16/h6-7,10H,5,9H2,1-4H3. The van der Waals surface area contributed by atoms with E-state index in [0.717, 1.165) is 6.54 Å². The first kappa shape index (κ1) is 15.4. The maximum atomic E-state index is 14.0. The zero-order chi connectivity index (χ0) is 14.6. The van der Waals surface area contributed by atoms with Crippen LogP contribution < -0.4 is 4.90 Å². The van der Waals surface area contributed by atoms with Crippen LogP contribution in [0.2, 0.25) is 0 Å². The Morgan fingerprint density at radius 1 is 1.26 bits per heavy atom. The van der Waals surface area contributed by atoms with E-state index in [1.54, 1.807) is 11.0 Å². The molecule has 0 aromatic heterocycles. The van der Waals surface area contributed by atoms with E-state index in [1.165, 1.54) is 12.1 Å². The van der Waals surface area contributed by atoms with E-state index in [9.17, 15) is 8.78 Å². The third-order valence-corrected chi connectivity index (χ3v) is 2.99. The van der Waals surface area contributed by atoms with Gasteiger partial charge in [-0.3, -0.25) is 0 Å². The monoisotopic (exact) mass is 267 g/mol. The van der Waals surface area contributed by atoms with Gasteiger partial charge in [0.1, 0.15) is 6.07 Å². The van der Waals surface area contributed by atoms with Crippen LogP contribution in [-0.2, 0) is 0 Å². The first-order chi connectivity index (χ1) is 8.92. The predicted molar refractivity (Wildman–Crippen MR) is 72.1 cm³/mol. The largest absolute Gasteiger partial charge is 0.365 e. The first-order valence-corrected chi connectivity index (χ1v) is 6.21. The van der Waals surface area contributed by atoms with E-state index in [1.807, 2.05) is 32.8 Å². The number of anilines is 1. The highest BCUT2D eigenvalue weighted by Crippen LogP contribution is 2.25. The van der Waals surface area contributed by atoms with E-state index >= 15 is 0 Å². The summed E-state index contributed by atoms with van der Waals surface area (Å²) in [6.45, 7) is 5.15. The molecule has 0 bridgehead atoms. The summed E-state index contributed by atoms with van der Waals surface area (Å²) in [5.41, 5.74) is -0.0640. The highest BCUT2D eigenvalue weighted by Gasteiger charge is 2.21. The second-order valence-electron chi connectivity index (χ2n) is 4.77. The van der Waals surface area contributed by atoms with E-state index in [2.05, 4.69) is 0 Å². The molecule has 0 amide bonds. The molecule has 0 aliphatic rings. The molecule has 104 valence electrons. The van der Waals surface area contributed by atoms with Crippen LogP contribution in [0.3, 0.4) is 0 Å². The third kappa shape index (κ3) is 3.42. The van der Waals surface area contributed by atoms with Crippen molar-refractivity contribution in [2.75, 3.05) is 32.1 Å². The summed E-state index contributed by atoms with van der Waals surface area (Å²) in [6, 6.07) is 4.47. The number of rotatable bonds is 5. The van der Waals surface area contributed by atoms with Gasteiger partial charge in [-0.1, -0.05) is 0 Å². The van der Waals surface area contributed by atoms with Crippen LogP contribution in [0.5, 0.6) is 0 Å². The van der Waals surface area contributed by atoms with E-state index in [4.69, 9.17) is 5.26 Å². The Hall–Kier alpha value is -1.67. The Morgan fingerprint density at radius 2 is 1.89 bits per heavy atom. The summed E-state index contributed by atoms with van der Waals surface area (Å²) in [6.07, 6.45) is 0. The molecule has 1 aromatic carbocycles. The molecule has 0 saturated heterocycles. The number of hydrogen-bond acceptors (Lipinski definition) is 3. The van der Waals surface area contributed by atoms with Gasteiger partial charge >= 0.3 is 0 Å². The number of nitriles is 1. The molecule has 0 spiro atoms. The van der Waals surface area contributed by atoms with Gasteiger partial charge in [-0.15, -0.1) is 0 Å². The molecule has 5 heteroatoms. The smallest absolute Gasteiger partial charge is 0.183 e. The lowest BCUT2D eigenvalue weighted by molar-refractivity contribution is 0.371. The van der Waals surface area contributed by atoms with Crippen LogP contribution in [0, 0.1) is 23.0 Å². The van der Waals surface area contributed by atoms with Gasteiger partial charge in [0.2, 0.25) is 0 Å². The van der Waals surface area contributed by atoms with Crippen LogP contribution in [0.1, 0.15) is 19.4 Å². The molecule has 0 aliphatic carbocycles. The van der Waals surface area contributed by atoms with Crippen molar-refractivity contribution in [2.45, 2.75) is 19.9 Å². The fourth-order valence-electron chi connectivity index (χ4n) is 2.19. The summed E-state index contributed by atoms with van der Waals surface area (Å²) >= 11 is 0. The zero-order valence-electron chi connectivity index (χ0n) is 11.7. The van der Waals surface area contributed by atoms with Gasteiger partial charge < -0.3 is 9.80 Å². The van der Waals surface area contributed by atoms with Crippen LogP contribution in [0.25, 0.3) is 0 Å². The molecular formula is C14H19F2N3. The summed E-state index contributed by atoms with van der Waals surface area (Å²) in [7, 11) is 3.86. The minimum atomic E-state index is -1.07.